The van der Waals surface area contributed by atoms with E-state index in [0.717, 1.165) is 6.92 Å². The first kappa shape index (κ1) is 29.1. The second-order valence-corrected chi connectivity index (χ2v) is 7.76. The van der Waals surface area contributed by atoms with Gasteiger partial charge in [-0.2, -0.15) is 11.8 Å². The van der Waals surface area contributed by atoms with Gasteiger partial charge < -0.3 is 42.1 Å². The van der Waals surface area contributed by atoms with E-state index in [0.29, 0.717) is 5.75 Å². The number of aliphatic hydroxyl groups is 1. The number of rotatable bonds is 15. The first-order valence-corrected chi connectivity index (χ1v) is 10.7. The van der Waals surface area contributed by atoms with Crippen molar-refractivity contribution in [1.82, 2.24) is 16.0 Å². The summed E-state index contributed by atoms with van der Waals surface area (Å²) in [5.74, 6) is -7.26. The maximum atomic E-state index is 12.5. The van der Waals surface area contributed by atoms with Crippen LogP contribution in [-0.2, 0) is 28.8 Å². The third-order valence-corrected chi connectivity index (χ3v) is 4.68. The van der Waals surface area contributed by atoms with E-state index in [1.165, 1.54) is 11.8 Å². The molecule has 0 aliphatic rings. The topological polar surface area (TPSA) is 245 Å². The van der Waals surface area contributed by atoms with Crippen LogP contribution >= 0.6 is 11.8 Å². The van der Waals surface area contributed by atoms with Gasteiger partial charge in [0.25, 0.3) is 0 Å². The average Bonchev–Trinajstić information content (AvgIpc) is 2.67. The molecule has 9 N–H and O–H groups in total. The Kier molecular flexibility index (Phi) is 12.9. The molecule has 0 aromatic carbocycles. The number of hydrogen-bond acceptors (Lipinski definition) is 9. The van der Waals surface area contributed by atoms with Gasteiger partial charge in [-0.1, -0.05) is 0 Å². The van der Waals surface area contributed by atoms with Gasteiger partial charge in [-0.15, -0.1) is 0 Å². The normalized spacial score (nSPS) is 15.4. The lowest BCUT2D eigenvalue weighted by Crippen LogP contribution is -2.60. The van der Waals surface area contributed by atoms with Crippen LogP contribution in [0.15, 0.2) is 0 Å². The van der Waals surface area contributed by atoms with Crippen LogP contribution in [0.1, 0.15) is 26.2 Å². The Hall–Kier alpha value is -2.91. The molecule has 0 aliphatic heterocycles. The third kappa shape index (κ3) is 10.9. The van der Waals surface area contributed by atoms with Crippen molar-refractivity contribution in [2.45, 2.75) is 56.5 Å². The summed E-state index contributed by atoms with van der Waals surface area (Å²) in [6.07, 6.45) is -1.36. The zero-order valence-corrected chi connectivity index (χ0v) is 18.3. The van der Waals surface area contributed by atoms with Crippen LogP contribution in [-0.4, -0.2) is 98.3 Å². The number of nitrogens with one attached hydrogen (secondary N) is 3. The van der Waals surface area contributed by atoms with Crippen LogP contribution in [0, 0.1) is 0 Å². The monoisotopic (exact) mass is 480 g/mol. The van der Waals surface area contributed by atoms with Gasteiger partial charge in [0.1, 0.15) is 18.1 Å². The molecule has 0 aromatic rings. The lowest BCUT2D eigenvalue weighted by Gasteiger charge is -2.25. The predicted octanol–water partition coefficient (Wildman–Crippen LogP) is -3.06. The van der Waals surface area contributed by atoms with Gasteiger partial charge in [0, 0.05) is 0 Å². The highest BCUT2D eigenvalue weighted by atomic mass is 32.2. The number of hydrogen-bond donors (Lipinski definition) is 8. The van der Waals surface area contributed by atoms with Crippen molar-refractivity contribution < 1.29 is 49.2 Å². The van der Waals surface area contributed by atoms with Crippen LogP contribution in [0.3, 0.4) is 0 Å². The minimum atomic E-state index is -1.85. The molecule has 0 heterocycles. The molecule has 0 spiro atoms. The highest BCUT2D eigenvalue weighted by molar-refractivity contribution is 7.98. The summed E-state index contributed by atoms with van der Waals surface area (Å²) in [5, 5.41) is 42.7. The van der Waals surface area contributed by atoms with Gasteiger partial charge in [0.05, 0.1) is 25.0 Å². The van der Waals surface area contributed by atoms with Crippen molar-refractivity contribution in [3.8, 4) is 0 Å². The second-order valence-electron chi connectivity index (χ2n) is 6.77. The molecule has 15 heteroatoms. The highest BCUT2D eigenvalue weighted by Crippen LogP contribution is 2.03. The minimum absolute atomic E-state index is 0.257. The van der Waals surface area contributed by atoms with Gasteiger partial charge in [-0.05, 0) is 25.4 Å². The molecule has 182 valence electrons. The van der Waals surface area contributed by atoms with Gasteiger partial charge in [-0.3, -0.25) is 24.0 Å². The molecule has 0 aromatic heterocycles. The molecular formula is C17H28N4O10S. The van der Waals surface area contributed by atoms with Gasteiger partial charge >= 0.3 is 17.9 Å². The third-order valence-electron chi connectivity index (χ3n) is 4.04. The largest absolute Gasteiger partial charge is 0.481 e. The Bertz CT molecular complexity index is 717. The summed E-state index contributed by atoms with van der Waals surface area (Å²) < 4.78 is 0. The summed E-state index contributed by atoms with van der Waals surface area (Å²) in [5.41, 5.74) is 5.69. The average molecular weight is 480 g/mol. The van der Waals surface area contributed by atoms with E-state index in [1.807, 2.05) is 10.6 Å². The molecule has 14 nitrogen and oxygen atoms in total. The molecule has 0 saturated heterocycles. The molecule has 0 saturated carbocycles. The standard InChI is InChI=1S/C17H28N4O10S/c1-7(22)13(16(29)20-10(17(30)31)6-12(25)26)21-15(28)9(5-11(23)24)19-14(27)8(18)3-4-32-2/h7-10,13,22H,3-6,18H2,1-2H3,(H,19,27)(H,20,29)(H,21,28)(H,23,24)(H,25,26)(H,30,31). The van der Waals surface area contributed by atoms with E-state index < -0.39 is 78.7 Å². The fourth-order valence-electron chi connectivity index (χ4n) is 2.33. The number of carboxylic acid groups (broad SMARTS) is 3. The number of nitrogens with two attached hydrogens (primary N) is 1. The molecule has 0 aliphatic carbocycles. The summed E-state index contributed by atoms with van der Waals surface area (Å²) in [4.78, 5) is 70.0. The number of thioether (sulfide) groups is 1. The number of aliphatic hydroxyl groups excluding tert-OH is 1. The smallest absolute Gasteiger partial charge is 0.326 e. The van der Waals surface area contributed by atoms with E-state index in [-0.39, 0.29) is 6.42 Å². The molecule has 0 fully saturated rings. The second kappa shape index (κ2) is 14.2. The van der Waals surface area contributed by atoms with Crippen LogP contribution in [0.4, 0.5) is 0 Å². The van der Waals surface area contributed by atoms with Crippen molar-refractivity contribution in [1.29, 1.82) is 0 Å². The maximum absolute atomic E-state index is 12.5. The Morgan fingerprint density at radius 2 is 1.34 bits per heavy atom. The summed E-state index contributed by atoms with van der Waals surface area (Å²) in [7, 11) is 0. The van der Waals surface area contributed by atoms with Crippen molar-refractivity contribution in [2.75, 3.05) is 12.0 Å². The quantitative estimate of drug-likeness (QED) is 0.116. The van der Waals surface area contributed by atoms with E-state index >= 15 is 0 Å². The molecule has 5 atom stereocenters. The number of carboxylic acids is 3. The van der Waals surface area contributed by atoms with Crippen molar-refractivity contribution in [3.05, 3.63) is 0 Å². The molecule has 32 heavy (non-hydrogen) atoms. The summed E-state index contributed by atoms with van der Waals surface area (Å²) >= 11 is 1.42. The summed E-state index contributed by atoms with van der Waals surface area (Å²) in [6.45, 7) is 1.08. The van der Waals surface area contributed by atoms with E-state index in [2.05, 4.69) is 5.32 Å². The Morgan fingerprint density at radius 3 is 1.78 bits per heavy atom. The van der Waals surface area contributed by atoms with Crippen LogP contribution in [0.25, 0.3) is 0 Å². The molecule has 0 bridgehead atoms. The molecular weight excluding hydrogens is 452 g/mol. The van der Waals surface area contributed by atoms with Gasteiger partial charge in [0.15, 0.2) is 0 Å². The van der Waals surface area contributed by atoms with Crippen molar-refractivity contribution >= 4 is 47.4 Å². The Labute approximate surface area is 187 Å². The minimum Gasteiger partial charge on any atom is -0.481 e. The molecule has 0 rings (SSSR count). The van der Waals surface area contributed by atoms with Gasteiger partial charge in [-0.25, -0.2) is 4.79 Å². The van der Waals surface area contributed by atoms with E-state index in [9.17, 15) is 33.9 Å². The number of aliphatic carboxylic acids is 3. The lowest BCUT2D eigenvalue weighted by molar-refractivity contribution is -0.148. The van der Waals surface area contributed by atoms with Crippen LogP contribution < -0.4 is 21.7 Å². The Morgan fingerprint density at radius 1 is 0.844 bits per heavy atom. The fraction of sp³-hybridized carbons (Fsp3) is 0.647. The lowest BCUT2D eigenvalue weighted by atomic mass is 10.1. The Balaban J connectivity index is 5.41. The highest BCUT2D eigenvalue weighted by Gasteiger charge is 2.34. The number of carbonyl (C=O) groups excluding carboxylic acids is 3. The fourth-order valence-corrected chi connectivity index (χ4v) is 2.82. The first-order chi connectivity index (χ1) is 14.8. The zero-order valence-electron chi connectivity index (χ0n) is 17.4. The van der Waals surface area contributed by atoms with E-state index in [1.54, 1.807) is 6.26 Å². The van der Waals surface area contributed by atoms with Crippen LogP contribution in [0.5, 0.6) is 0 Å². The molecule has 3 amide bonds. The van der Waals surface area contributed by atoms with Crippen molar-refractivity contribution in [3.63, 3.8) is 0 Å². The predicted molar refractivity (Wildman–Crippen MR) is 111 cm³/mol. The van der Waals surface area contributed by atoms with Gasteiger partial charge in [0.2, 0.25) is 17.7 Å². The van der Waals surface area contributed by atoms with Crippen LogP contribution in [0.2, 0.25) is 0 Å². The van der Waals surface area contributed by atoms with E-state index in [4.69, 9.17) is 21.1 Å². The maximum Gasteiger partial charge on any atom is 0.326 e. The molecule has 0 radical (unpaired) electrons. The number of carbonyl (C=O) groups is 6. The number of amides is 3. The zero-order chi connectivity index (χ0) is 25.0. The first-order valence-electron chi connectivity index (χ1n) is 9.30. The summed E-state index contributed by atoms with van der Waals surface area (Å²) in [6, 6.07) is -6.28. The SMILES string of the molecule is CSCCC(N)C(=O)NC(CC(=O)O)C(=O)NC(C(=O)NC(CC(=O)O)C(=O)O)C(C)O. The van der Waals surface area contributed by atoms with Crippen molar-refractivity contribution in [2.24, 2.45) is 5.73 Å². The molecule has 5 unspecified atom stereocenters.